The topological polar surface area (TPSA) is 62.5 Å². The van der Waals surface area contributed by atoms with Crippen LogP contribution in [0.25, 0.3) is 16.5 Å². The number of benzene rings is 1. The number of aryl methyl sites for hydroxylation is 1. The number of carbonyl (C=O) groups excluding carboxylic acids is 1. The van der Waals surface area contributed by atoms with Crippen molar-refractivity contribution in [2.24, 2.45) is 0 Å². The average molecular weight is 257 g/mol. The molecule has 2 aromatic rings. The fourth-order valence-electron chi connectivity index (χ4n) is 2.64. The Balaban J connectivity index is 2.40. The molecule has 0 fully saturated rings. The predicted octanol–water partition coefficient (Wildman–Crippen LogP) is 2.85. The number of aromatic hydroxyl groups is 1. The van der Waals surface area contributed by atoms with Crippen LogP contribution >= 0.6 is 0 Å². The van der Waals surface area contributed by atoms with Crippen LogP contribution in [0.1, 0.15) is 35.0 Å². The molecule has 4 nitrogen and oxygen atoms in total. The highest BCUT2D eigenvalue weighted by molar-refractivity contribution is 6.03. The Morgan fingerprint density at radius 1 is 1.47 bits per heavy atom. The molecule has 2 heterocycles. The molecule has 0 unspecified atom stereocenters. The van der Waals surface area contributed by atoms with Crippen molar-refractivity contribution >= 4 is 22.4 Å². The number of phenolic OH excluding ortho intramolecular Hbond substituents is 1. The Labute approximate surface area is 110 Å². The van der Waals surface area contributed by atoms with Crippen LogP contribution in [0.2, 0.25) is 0 Å². The first-order valence-corrected chi connectivity index (χ1v) is 6.31. The summed E-state index contributed by atoms with van der Waals surface area (Å²) in [4.78, 5) is 12.0. The van der Waals surface area contributed by atoms with E-state index < -0.39 is 0 Å². The van der Waals surface area contributed by atoms with Crippen molar-refractivity contribution in [3.8, 4) is 5.75 Å². The maximum absolute atomic E-state index is 12.0. The first-order chi connectivity index (χ1) is 9.09. The number of phenols is 1. The summed E-state index contributed by atoms with van der Waals surface area (Å²) >= 11 is 0. The van der Waals surface area contributed by atoms with Gasteiger partial charge in [0.15, 0.2) is 5.76 Å². The van der Waals surface area contributed by atoms with Gasteiger partial charge in [-0.1, -0.05) is 6.58 Å². The van der Waals surface area contributed by atoms with E-state index in [0.29, 0.717) is 23.5 Å². The van der Waals surface area contributed by atoms with Crippen LogP contribution in [-0.2, 0) is 6.42 Å². The smallest absolute Gasteiger partial charge is 0.287 e. The average Bonchev–Trinajstić information content (AvgIpc) is 2.63. The summed E-state index contributed by atoms with van der Waals surface area (Å²) in [7, 11) is 0. The summed E-state index contributed by atoms with van der Waals surface area (Å²) < 4.78 is 5.66. The highest BCUT2D eigenvalue weighted by Gasteiger charge is 2.25. The molecule has 4 heteroatoms. The van der Waals surface area contributed by atoms with Crippen molar-refractivity contribution < 1.29 is 14.3 Å². The quantitative estimate of drug-likeness (QED) is 0.825. The third kappa shape index (κ3) is 1.71. The summed E-state index contributed by atoms with van der Waals surface area (Å²) in [6.07, 6.45) is 1.61. The lowest BCUT2D eigenvalue weighted by atomic mass is 9.97. The van der Waals surface area contributed by atoms with Crippen LogP contribution in [0.15, 0.2) is 23.1 Å². The van der Waals surface area contributed by atoms with Gasteiger partial charge in [0.2, 0.25) is 0 Å². The van der Waals surface area contributed by atoms with Crippen LogP contribution in [0, 0.1) is 0 Å². The van der Waals surface area contributed by atoms with Crippen LogP contribution in [0.5, 0.6) is 5.75 Å². The van der Waals surface area contributed by atoms with Crippen LogP contribution in [-0.4, -0.2) is 17.6 Å². The van der Waals surface area contributed by atoms with E-state index in [4.69, 9.17) is 4.42 Å². The Bertz CT molecular complexity index is 697. The summed E-state index contributed by atoms with van der Waals surface area (Å²) in [5.74, 6) is 0.352. The number of fused-ring (bicyclic) bond motifs is 3. The summed E-state index contributed by atoms with van der Waals surface area (Å²) in [6.45, 7) is 6.39. The van der Waals surface area contributed by atoms with E-state index >= 15 is 0 Å². The van der Waals surface area contributed by atoms with E-state index in [1.807, 2.05) is 6.92 Å². The molecule has 98 valence electrons. The minimum absolute atomic E-state index is 0.174. The highest BCUT2D eigenvalue weighted by atomic mass is 16.3. The molecule has 0 saturated carbocycles. The lowest BCUT2D eigenvalue weighted by Crippen LogP contribution is -2.22. The van der Waals surface area contributed by atoms with E-state index in [9.17, 15) is 9.90 Å². The molecule has 1 aliphatic rings. The molecule has 0 atom stereocenters. The van der Waals surface area contributed by atoms with Gasteiger partial charge >= 0.3 is 0 Å². The minimum Gasteiger partial charge on any atom is -0.507 e. The maximum atomic E-state index is 12.0. The largest absolute Gasteiger partial charge is 0.507 e. The molecule has 19 heavy (non-hydrogen) atoms. The van der Waals surface area contributed by atoms with Gasteiger partial charge in [-0.3, -0.25) is 4.79 Å². The van der Waals surface area contributed by atoms with E-state index in [0.717, 1.165) is 29.4 Å². The molecule has 3 rings (SSSR count). The zero-order chi connectivity index (χ0) is 13.6. The molecular formula is C15H15NO3. The Morgan fingerprint density at radius 2 is 2.26 bits per heavy atom. The first-order valence-electron chi connectivity index (χ1n) is 6.31. The van der Waals surface area contributed by atoms with Crippen molar-refractivity contribution in [2.45, 2.75) is 19.8 Å². The normalized spacial score (nSPS) is 14.9. The Kier molecular flexibility index (Phi) is 2.59. The lowest BCUT2D eigenvalue weighted by Gasteiger charge is -2.06. The van der Waals surface area contributed by atoms with Gasteiger partial charge in [-0.05, 0) is 37.5 Å². The Morgan fingerprint density at radius 3 is 3.00 bits per heavy atom. The van der Waals surface area contributed by atoms with Crippen LogP contribution in [0.3, 0.4) is 0 Å². The fraction of sp³-hybridized carbons (Fsp3) is 0.267. The SMILES string of the molecule is C=C(C)c1c(O)ccc2oc3c(c12)CCCNC3=O. The molecule has 0 spiro atoms. The molecule has 0 aliphatic carbocycles. The summed E-state index contributed by atoms with van der Waals surface area (Å²) in [5, 5.41) is 13.7. The minimum atomic E-state index is -0.184. The predicted molar refractivity (Wildman–Crippen MR) is 73.2 cm³/mol. The van der Waals surface area contributed by atoms with E-state index in [2.05, 4.69) is 11.9 Å². The molecular weight excluding hydrogens is 242 g/mol. The summed E-state index contributed by atoms with van der Waals surface area (Å²) in [5.41, 5.74) is 2.94. The van der Waals surface area contributed by atoms with E-state index in [-0.39, 0.29) is 11.7 Å². The van der Waals surface area contributed by atoms with Crippen molar-refractivity contribution in [3.63, 3.8) is 0 Å². The number of furan rings is 1. The second-order valence-corrected chi connectivity index (χ2v) is 4.88. The Hall–Kier alpha value is -2.23. The van der Waals surface area contributed by atoms with Gasteiger partial charge in [0.1, 0.15) is 11.3 Å². The number of amides is 1. The molecule has 0 saturated heterocycles. The van der Waals surface area contributed by atoms with Gasteiger partial charge in [0.25, 0.3) is 5.91 Å². The van der Waals surface area contributed by atoms with Gasteiger partial charge < -0.3 is 14.8 Å². The zero-order valence-corrected chi connectivity index (χ0v) is 10.7. The van der Waals surface area contributed by atoms with E-state index in [1.165, 1.54) is 0 Å². The molecule has 1 amide bonds. The van der Waals surface area contributed by atoms with Gasteiger partial charge in [-0.2, -0.15) is 0 Å². The molecule has 1 aromatic carbocycles. The number of nitrogens with one attached hydrogen (secondary N) is 1. The number of hydrogen-bond acceptors (Lipinski definition) is 3. The molecule has 0 bridgehead atoms. The maximum Gasteiger partial charge on any atom is 0.287 e. The van der Waals surface area contributed by atoms with Gasteiger partial charge in [0, 0.05) is 23.1 Å². The van der Waals surface area contributed by atoms with Gasteiger partial charge in [-0.25, -0.2) is 0 Å². The van der Waals surface area contributed by atoms with Crippen molar-refractivity contribution in [1.82, 2.24) is 5.32 Å². The fourth-order valence-corrected chi connectivity index (χ4v) is 2.64. The third-order valence-electron chi connectivity index (χ3n) is 3.46. The second-order valence-electron chi connectivity index (χ2n) is 4.88. The lowest BCUT2D eigenvalue weighted by molar-refractivity contribution is 0.0931. The van der Waals surface area contributed by atoms with Gasteiger partial charge in [-0.15, -0.1) is 0 Å². The number of carbonyl (C=O) groups is 1. The van der Waals surface area contributed by atoms with Crippen molar-refractivity contribution in [3.05, 3.63) is 35.6 Å². The molecule has 2 N–H and O–H groups in total. The van der Waals surface area contributed by atoms with Crippen molar-refractivity contribution in [2.75, 3.05) is 6.54 Å². The van der Waals surface area contributed by atoms with Crippen LogP contribution < -0.4 is 5.32 Å². The molecule has 0 radical (unpaired) electrons. The monoisotopic (exact) mass is 257 g/mol. The molecule has 1 aliphatic heterocycles. The van der Waals surface area contributed by atoms with Crippen molar-refractivity contribution in [1.29, 1.82) is 0 Å². The van der Waals surface area contributed by atoms with Crippen LogP contribution in [0.4, 0.5) is 0 Å². The number of rotatable bonds is 1. The first kappa shape index (κ1) is 11.8. The van der Waals surface area contributed by atoms with E-state index in [1.54, 1.807) is 12.1 Å². The standard InChI is InChI=1S/C15H15NO3/c1-8(2)12-10(17)5-6-11-13(12)9-4-3-7-16-15(18)14(9)19-11/h5-6,17H,1,3-4,7H2,2H3,(H,16,18). The number of hydrogen-bond donors (Lipinski definition) is 2. The molecule has 1 aromatic heterocycles. The zero-order valence-electron chi connectivity index (χ0n) is 10.7. The highest BCUT2D eigenvalue weighted by Crippen LogP contribution is 2.38. The van der Waals surface area contributed by atoms with Gasteiger partial charge in [0.05, 0.1) is 0 Å². The summed E-state index contributed by atoms with van der Waals surface area (Å²) in [6, 6.07) is 3.27. The second kappa shape index (κ2) is 4.16. The number of allylic oxidation sites excluding steroid dienone is 1. The third-order valence-corrected chi connectivity index (χ3v) is 3.46.